The molecule has 0 unspecified atom stereocenters. The number of hydrogen-bond donors (Lipinski definition) is 2. The number of H-pyrrole nitrogens is 2. The van der Waals surface area contributed by atoms with Crippen molar-refractivity contribution in [2.75, 3.05) is 0 Å². The van der Waals surface area contributed by atoms with Gasteiger partial charge >= 0.3 is 0 Å². The van der Waals surface area contributed by atoms with Crippen LogP contribution >= 0.6 is 24.4 Å². The van der Waals surface area contributed by atoms with Gasteiger partial charge in [-0.1, -0.05) is 24.3 Å². The van der Waals surface area contributed by atoms with E-state index in [1.807, 2.05) is 71.8 Å². The molecular weight excluding hydrogens is 312 g/mol. The summed E-state index contributed by atoms with van der Waals surface area (Å²) in [6.45, 7) is 0. The number of para-hydroxylation sites is 4. The predicted molar refractivity (Wildman–Crippen MR) is 96.2 cm³/mol. The van der Waals surface area contributed by atoms with Crippen LogP contribution in [-0.4, -0.2) is 19.1 Å². The largest absolute Gasteiger partial charge is 0.331 e. The average Bonchev–Trinajstić information content (AvgIpc) is 2.98. The van der Waals surface area contributed by atoms with Gasteiger partial charge in [-0.25, -0.2) is 0 Å². The first-order valence-corrected chi connectivity index (χ1v) is 7.67. The lowest BCUT2D eigenvalue weighted by atomic mass is 10.3. The van der Waals surface area contributed by atoms with Crippen LogP contribution in [0.2, 0.25) is 0 Å². The maximum atomic E-state index is 5.06. The van der Waals surface area contributed by atoms with Crippen LogP contribution in [0.25, 0.3) is 22.1 Å². The molecule has 0 spiro atoms. The number of rotatable bonds is 0. The number of hydrogen-bond acceptors (Lipinski definition) is 2. The fourth-order valence-corrected chi connectivity index (χ4v) is 2.78. The summed E-state index contributed by atoms with van der Waals surface area (Å²) >= 11 is 10.1. The minimum absolute atomic E-state index is 0.770. The Kier molecular flexibility index (Phi) is 3.96. The van der Waals surface area contributed by atoms with Gasteiger partial charge in [0.15, 0.2) is 9.54 Å². The van der Waals surface area contributed by atoms with Gasteiger partial charge in [-0.3, -0.25) is 0 Å². The molecule has 4 rings (SSSR count). The Morgan fingerprint density at radius 3 is 1.41 bits per heavy atom. The van der Waals surface area contributed by atoms with Gasteiger partial charge in [-0.15, -0.1) is 0 Å². The van der Waals surface area contributed by atoms with Gasteiger partial charge < -0.3 is 19.1 Å². The zero-order chi connectivity index (χ0) is 15.7. The van der Waals surface area contributed by atoms with Crippen LogP contribution in [0, 0.1) is 9.54 Å². The fourth-order valence-electron chi connectivity index (χ4n) is 2.36. The minimum Gasteiger partial charge on any atom is -0.331 e. The molecule has 2 aromatic heterocycles. The molecule has 0 atom stereocenters. The number of aryl methyl sites for hydroxylation is 2. The summed E-state index contributed by atoms with van der Waals surface area (Å²) in [5, 5.41) is 0. The van der Waals surface area contributed by atoms with Gasteiger partial charge in [0.25, 0.3) is 0 Å². The maximum absolute atomic E-state index is 5.06. The number of fused-ring (bicyclic) bond motifs is 2. The van der Waals surface area contributed by atoms with Gasteiger partial charge in [0.05, 0.1) is 22.1 Å². The van der Waals surface area contributed by atoms with E-state index in [2.05, 4.69) is 9.97 Å². The summed E-state index contributed by atoms with van der Waals surface area (Å²) in [5.41, 5.74) is 4.50. The first-order chi connectivity index (χ1) is 10.6. The highest BCUT2D eigenvalue weighted by Crippen LogP contribution is 2.11. The van der Waals surface area contributed by atoms with Crippen molar-refractivity contribution in [3.63, 3.8) is 0 Å². The summed E-state index contributed by atoms with van der Waals surface area (Å²) in [7, 11) is 3.92. The van der Waals surface area contributed by atoms with E-state index in [0.717, 1.165) is 31.6 Å². The number of benzene rings is 2. The van der Waals surface area contributed by atoms with E-state index in [1.54, 1.807) is 0 Å². The van der Waals surface area contributed by atoms with Crippen LogP contribution in [0.1, 0.15) is 0 Å². The molecule has 0 bridgehead atoms. The Labute approximate surface area is 138 Å². The standard InChI is InChI=1S/2C8H8N2S/c2*1-10-7-5-3-2-4-6(7)9-8(10)11/h2*2-5H,1H3,(H,9,11). The molecule has 0 saturated carbocycles. The molecule has 0 aliphatic carbocycles. The smallest absolute Gasteiger partial charge is 0.177 e. The van der Waals surface area contributed by atoms with E-state index in [1.165, 1.54) is 0 Å². The van der Waals surface area contributed by atoms with E-state index in [4.69, 9.17) is 24.4 Å². The molecular formula is C16H16N4S2. The number of imidazole rings is 2. The average molecular weight is 328 g/mol. The van der Waals surface area contributed by atoms with E-state index in [-0.39, 0.29) is 0 Å². The molecule has 0 radical (unpaired) electrons. The van der Waals surface area contributed by atoms with Crippen molar-refractivity contribution >= 4 is 46.5 Å². The summed E-state index contributed by atoms with van der Waals surface area (Å²) in [5.74, 6) is 0. The highest BCUT2D eigenvalue weighted by atomic mass is 32.1. The molecule has 2 N–H and O–H groups in total. The van der Waals surface area contributed by atoms with Crippen molar-refractivity contribution in [1.82, 2.24) is 19.1 Å². The van der Waals surface area contributed by atoms with Gasteiger partial charge in [-0.05, 0) is 48.7 Å². The van der Waals surface area contributed by atoms with Crippen molar-refractivity contribution in [3.8, 4) is 0 Å². The van der Waals surface area contributed by atoms with Crippen molar-refractivity contribution in [2.24, 2.45) is 14.1 Å². The first-order valence-electron chi connectivity index (χ1n) is 6.85. The Hall–Kier alpha value is -2.18. The lowest BCUT2D eigenvalue weighted by Crippen LogP contribution is -1.84. The molecule has 0 saturated heterocycles. The SMILES string of the molecule is Cn1c(=S)[nH]c2ccccc21.Cn1c(=S)[nH]c2ccccc21. The lowest BCUT2D eigenvalue weighted by Gasteiger charge is -1.90. The van der Waals surface area contributed by atoms with Crippen LogP contribution < -0.4 is 0 Å². The van der Waals surface area contributed by atoms with Crippen molar-refractivity contribution in [3.05, 3.63) is 58.1 Å². The second-order valence-corrected chi connectivity index (χ2v) is 5.79. The minimum atomic E-state index is 0.770. The summed E-state index contributed by atoms with van der Waals surface area (Å²) in [4.78, 5) is 6.21. The third-order valence-corrected chi connectivity index (χ3v) is 4.38. The van der Waals surface area contributed by atoms with Crippen LogP contribution in [-0.2, 0) is 14.1 Å². The Morgan fingerprint density at radius 1 is 0.682 bits per heavy atom. The Balaban J connectivity index is 0.000000131. The molecule has 112 valence electrons. The molecule has 6 heteroatoms. The molecule has 0 fully saturated rings. The topological polar surface area (TPSA) is 41.4 Å². The Bertz CT molecular complexity index is 963. The van der Waals surface area contributed by atoms with Crippen molar-refractivity contribution in [2.45, 2.75) is 0 Å². The number of aromatic nitrogens is 4. The molecule has 2 aromatic carbocycles. The molecule has 2 heterocycles. The second kappa shape index (κ2) is 5.90. The quantitative estimate of drug-likeness (QED) is 0.468. The van der Waals surface area contributed by atoms with Crippen LogP contribution in [0.15, 0.2) is 48.5 Å². The van der Waals surface area contributed by atoms with Crippen molar-refractivity contribution < 1.29 is 0 Å². The van der Waals surface area contributed by atoms with Gasteiger partial charge in [0.1, 0.15) is 0 Å². The third kappa shape index (κ3) is 2.63. The lowest BCUT2D eigenvalue weighted by molar-refractivity contribution is 0.927. The number of nitrogens with one attached hydrogen (secondary N) is 2. The molecule has 22 heavy (non-hydrogen) atoms. The number of aromatic amines is 2. The Morgan fingerprint density at radius 2 is 1.05 bits per heavy atom. The van der Waals surface area contributed by atoms with Crippen LogP contribution in [0.4, 0.5) is 0 Å². The molecule has 0 aliphatic heterocycles. The molecule has 0 aliphatic rings. The highest BCUT2D eigenvalue weighted by molar-refractivity contribution is 7.71. The molecule has 0 amide bonds. The maximum Gasteiger partial charge on any atom is 0.177 e. The summed E-state index contributed by atoms with van der Waals surface area (Å²) in [6.07, 6.45) is 0. The second-order valence-electron chi connectivity index (χ2n) is 5.01. The van der Waals surface area contributed by atoms with E-state index < -0.39 is 0 Å². The summed E-state index contributed by atoms with van der Waals surface area (Å²) < 4.78 is 5.47. The van der Waals surface area contributed by atoms with Crippen LogP contribution in [0.5, 0.6) is 0 Å². The first kappa shape index (κ1) is 14.7. The zero-order valence-corrected chi connectivity index (χ0v) is 14.0. The van der Waals surface area contributed by atoms with E-state index in [9.17, 15) is 0 Å². The monoisotopic (exact) mass is 328 g/mol. The highest BCUT2D eigenvalue weighted by Gasteiger charge is 1.97. The normalized spacial score (nSPS) is 10.6. The predicted octanol–water partition coefficient (Wildman–Crippen LogP) is 4.47. The van der Waals surface area contributed by atoms with Crippen molar-refractivity contribution in [1.29, 1.82) is 0 Å². The molecule has 4 aromatic rings. The van der Waals surface area contributed by atoms with E-state index in [0.29, 0.717) is 0 Å². The fraction of sp³-hybridized carbons (Fsp3) is 0.125. The van der Waals surface area contributed by atoms with Gasteiger partial charge in [0, 0.05) is 14.1 Å². The summed E-state index contributed by atoms with van der Waals surface area (Å²) in [6, 6.07) is 16.1. The number of nitrogens with zero attached hydrogens (tertiary/aromatic N) is 2. The zero-order valence-electron chi connectivity index (χ0n) is 12.3. The van der Waals surface area contributed by atoms with Gasteiger partial charge in [-0.2, -0.15) is 0 Å². The third-order valence-electron chi connectivity index (χ3n) is 3.62. The van der Waals surface area contributed by atoms with Crippen LogP contribution in [0.3, 0.4) is 0 Å². The van der Waals surface area contributed by atoms with Gasteiger partial charge in [0.2, 0.25) is 0 Å². The van der Waals surface area contributed by atoms with E-state index >= 15 is 0 Å². The molecule has 4 nitrogen and oxygen atoms in total.